The second-order valence-electron chi connectivity index (χ2n) is 8.91. The summed E-state index contributed by atoms with van der Waals surface area (Å²) in [5.74, 6) is 1.75. The number of amides is 1. The fourth-order valence-corrected chi connectivity index (χ4v) is 6.01. The Balaban J connectivity index is 1.16. The molecule has 1 aromatic heterocycles. The molecule has 0 spiro atoms. The number of ether oxygens (including phenoxy) is 1. The molecule has 2 saturated heterocycles. The van der Waals surface area contributed by atoms with E-state index in [1.54, 1.807) is 35.2 Å². The molecule has 0 bridgehead atoms. The predicted molar refractivity (Wildman–Crippen MR) is 136 cm³/mol. The summed E-state index contributed by atoms with van der Waals surface area (Å²) in [4.78, 5) is 17.1. The molecular formula is C26H29N5O4S. The number of para-hydroxylation sites is 1. The van der Waals surface area contributed by atoms with Crippen LogP contribution >= 0.6 is 0 Å². The third kappa shape index (κ3) is 5.34. The number of piperidine rings is 1. The summed E-state index contributed by atoms with van der Waals surface area (Å²) < 4.78 is 33.0. The van der Waals surface area contributed by atoms with E-state index in [2.05, 4.69) is 15.1 Å². The van der Waals surface area contributed by atoms with Crippen molar-refractivity contribution in [2.24, 2.45) is 0 Å². The maximum absolute atomic E-state index is 13.0. The lowest BCUT2D eigenvalue weighted by molar-refractivity contribution is 0.0746. The van der Waals surface area contributed by atoms with Gasteiger partial charge in [-0.1, -0.05) is 24.6 Å². The van der Waals surface area contributed by atoms with E-state index in [1.165, 1.54) is 4.31 Å². The van der Waals surface area contributed by atoms with Crippen LogP contribution in [0.3, 0.4) is 0 Å². The van der Waals surface area contributed by atoms with Gasteiger partial charge in [0.2, 0.25) is 15.9 Å². The molecule has 0 N–H and O–H groups in total. The minimum absolute atomic E-state index is 0.103. The first-order chi connectivity index (χ1) is 17.5. The lowest BCUT2D eigenvalue weighted by atomic mass is 10.2. The molecule has 0 unspecified atom stereocenters. The van der Waals surface area contributed by atoms with E-state index in [4.69, 9.17) is 4.74 Å². The van der Waals surface area contributed by atoms with E-state index in [-0.39, 0.29) is 10.8 Å². The number of carbonyl (C=O) groups is 1. The minimum atomic E-state index is -3.51. The average molecular weight is 508 g/mol. The van der Waals surface area contributed by atoms with Crippen molar-refractivity contribution >= 4 is 21.7 Å². The lowest BCUT2D eigenvalue weighted by Gasteiger charge is -2.35. The van der Waals surface area contributed by atoms with Gasteiger partial charge < -0.3 is 14.5 Å². The molecule has 1 amide bonds. The SMILES string of the molecule is O=C(c1ccc(S(=O)(=O)N2CCCCC2)cc1)N1CCN(c2ccc(Oc3ccccc3)nn2)CC1. The van der Waals surface area contributed by atoms with Gasteiger partial charge in [0.05, 0.1) is 4.90 Å². The van der Waals surface area contributed by atoms with E-state index >= 15 is 0 Å². The van der Waals surface area contributed by atoms with Crippen LogP contribution in [0.4, 0.5) is 5.82 Å². The normalized spacial score (nSPS) is 17.1. The highest BCUT2D eigenvalue weighted by Crippen LogP contribution is 2.23. The highest BCUT2D eigenvalue weighted by Gasteiger charge is 2.27. The molecular weight excluding hydrogens is 478 g/mol. The number of nitrogens with zero attached hydrogens (tertiary/aromatic N) is 5. The summed E-state index contributed by atoms with van der Waals surface area (Å²) in [6.07, 6.45) is 2.84. The smallest absolute Gasteiger partial charge is 0.253 e. The minimum Gasteiger partial charge on any atom is -0.438 e. The maximum Gasteiger partial charge on any atom is 0.253 e. The maximum atomic E-state index is 13.0. The van der Waals surface area contributed by atoms with E-state index in [0.717, 1.165) is 25.1 Å². The van der Waals surface area contributed by atoms with Crippen molar-refractivity contribution in [1.82, 2.24) is 19.4 Å². The number of piperazine rings is 1. The summed E-state index contributed by atoms with van der Waals surface area (Å²) in [5.41, 5.74) is 0.489. The molecule has 2 aliphatic rings. The van der Waals surface area contributed by atoms with Crippen molar-refractivity contribution in [3.8, 4) is 11.6 Å². The third-order valence-electron chi connectivity index (χ3n) is 6.54. The molecule has 36 heavy (non-hydrogen) atoms. The van der Waals surface area contributed by atoms with Crippen LogP contribution in [-0.4, -0.2) is 73.0 Å². The number of aromatic nitrogens is 2. The molecule has 0 atom stereocenters. The van der Waals surface area contributed by atoms with Gasteiger partial charge in [-0.15, -0.1) is 10.2 Å². The van der Waals surface area contributed by atoms with Gasteiger partial charge in [0.25, 0.3) is 5.91 Å². The molecule has 3 aromatic rings. The third-order valence-corrected chi connectivity index (χ3v) is 8.45. The Hall–Kier alpha value is -3.50. The second-order valence-corrected chi connectivity index (χ2v) is 10.9. The van der Waals surface area contributed by atoms with Gasteiger partial charge in [0, 0.05) is 50.9 Å². The number of sulfonamides is 1. The number of hydrogen-bond donors (Lipinski definition) is 0. The molecule has 9 nitrogen and oxygen atoms in total. The summed E-state index contributed by atoms with van der Waals surface area (Å²) in [7, 11) is -3.51. The average Bonchev–Trinajstić information content (AvgIpc) is 2.94. The van der Waals surface area contributed by atoms with Crippen molar-refractivity contribution in [3.05, 3.63) is 72.3 Å². The topological polar surface area (TPSA) is 95.9 Å². The van der Waals surface area contributed by atoms with Gasteiger partial charge in [-0.25, -0.2) is 8.42 Å². The van der Waals surface area contributed by atoms with Gasteiger partial charge in [-0.2, -0.15) is 4.31 Å². The lowest BCUT2D eigenvalue weighted by Crippen LogP contribution is -2.49. The van der Waals surface area contributed by atoms with Crippen molar-refractivity contribution in [3.63, 3.8) is 0 Å². The first-order valence-electron chi connectivity index (χ1n) is 12.2. The van der Waals surface area contributed by atoms with E-state index in [0.29, 0.717) is 56.5 Å². The van der Waals surface area contributed by atoms with E-state index in [9.17, 15) is 13.2 Å². The van der Waals surface area contributed by atoms with Crippen LogP contribution in [0.5, 0.6) is 11.6 Å². The molecule has 0 saturated carbocycles. The van der Waals surface area contributed by atoms with Gasteiger partial charge in [-0.3, -0.25) is 4.79 Å². The highest BCUT2D eigenvalue weighted by atomic mass is 32.2. The molecule has 2 aromatic carbocycles. The standard InChI is InChI=1S/C26H29N5O4S/c32-26(21-9-11-23(12-10-21)36(33,34)31-15-5-2-6-16-31)30-19-17-29(18-20-30)24-13-14-25(28-27-24)35-22-7-3-1-4-8-22/h1,3-4,7-14H,2,5-6,15-20H2. The van der Waals surface area contributed by atoms with Gasteiger partial charge in [-0.05, 0) is 55.3 Å². The van der Waals surface area contributed by atoms with Crippen LogP contribution in [0.1, 0.15) is 29.6 Å². The second kappa shape index (κ2) is 10.6. The highest BCUT2D eigenvalue weighted by molar-refractivity contribution is 7.89. The Kier molecular flexibility index (Phi) is 7.15. The number of anilines is 1. The summed E-state index contributed by atoms with van der Waals surface area (Å²) in [6.45, 7) is 3.44. The number of rotatable bonds is 6. The molecule has 2 aliphatic heterocycles. The molecule has 2 fully saturated rings. The Morgan fingerprint density at radius 2 is 1.44 bits per heavy atom. The molecule has 0 radical (unpaired) electrons. The fourth-order valence-electron chi connectivity index (χ4n) is 4.49. The Labute approximate surface area is 211 Å². The number of benzene rings is 2. The number of hydrogen-bond acceptors (Lipinski definition) is 7. The van der Waals surface area contributed by atoms with Crippen molar-refractivity contribution < 1.29 is 17.9 Å². The molecule has 0 aliphatic carbocycles. The largest absolute Gasteiger partial charge is 0.438 e. The Bertz CT molecular complexity index is 1270. The zero-order valence-electron chi connectivity index (χ0n) is 20.0. The van der Waals surface area contributed by atoms with Crippen LogP contribution in [0, 0.1) is 0 Å². The van der Waals surface area contributed by atoms with E-state index in [1.807, 2.05) is 36.4 Å². The summed E-state index contributed by atoms with van der Waals surface area (Å²) in [5, 5.41) is 8.45. The summed E-state index contributed by atoms with van der Waals surface area (Å²) in [6, 6.07) is 19.4. The van der Waals surface area contributed by atoms with Gasteiger partial charge >= 0.3 is 0 Å². The van der Waals surface area contributed by atoms with Gasteiger partial charge in [0.15, 0.2) is 5.82 Å². The molecule has 3 heterocycles. The van der Waals surface area contributed by atoms with Crippen molar-refractivity contribution in [2.45, 2.75) is 24.2 Å². The molecule has 188 valence electrons. The Morgan fingerprint density at radius 1 is 0.750 bits per heavy atom. The first-order valence-corrected chi connectivity index (χ1v) is 13.7. The monoisotopic (exact) mass is 507 g/mol. The van der Waals surface area contributed by atoms with Crippen LogP contribution in [0.15, 0.2) is 71.6 Å². The van der Waals surface area contributed by atoms with E-state index < -0.39 is 10.0 Å². The first kappa shape index (κ1) is 24.2. The summed E-state index contributed by atoms with van der Waals surface area (Å²) >= 11 is 0. The van der Waals surface area contributed by atoms with Crippen molar-refractivity contribution in [2.75, 3.05) is 44.2 Å². The Morgan fingerprint density at radius 3 is 2.08 bits per heavy atom. The van der Waals surface area contributed by atoms with Crippen LogP contribution in [-0.2, 0) is 10.0 Å². The van der Waals surface area contributed by atoms with Crippen LogP contribution < -0.4 is 9.64 Å². The van der Waals surface area contributed by atoms with Crippen molar-refractivity contribution in [1.29, 1.82) is 0 Å². The predicted octanol–water partition coefficient (Wildman–Crippen LogP) is 3.41. The van der Waals surface area contributed by atoms with Crippen LogP contribution in [0.2, 0.25) is 0 Å². The fraction of sp³-hybridized carbons (Fsp3) is 0.346. The molecule has 5 rings (SSSR count). The van der Waals surface area contributed by atoms with Gasteiger partial charge in [0.1, 0.15) is 5.75 Å². The van der Waals surface area contributed by atoms with Crippen LogP contribution in [0.25, 0.3) is 0 Å². The quantitative estimate of drug-likeness (QED) is 0.505. The zero-order chi connectivity index (χ0) is 25.0. The number of carbonyl (C=O) groups excluding carboxylic acids is 1. The molecule has 10 heteroatoms. The zero-order valence-corrected chi connectivity index (χ0v) is 20.8.